The summed E-state index contributed by atoms with van der Waals surface area (Å²) in [7, 11) is 0. The zero-order chi connectivity index (χ0) is 25.1. The molecule has 0 aliphatic heterocycles. The Morgan fingerprint density at radius 3 is 2.29 bits per heavy atom. The number of nitrogens with zero attached hydrogens (tertiary/aromatic N) is 2. The summed E-state index contributed by atoms with van der Waals surface area (Å²) in [5.74, 6) is -2.44. The van der Waals surface area contributed by atoms with Crippen LogP contribution < -0.4 is 21.7 Å². The standard InChI is InChI=1S/C24H23ClFN5O3S/c25-14-7-11-17(12-8-14)31(24(34)21-18(27)19(22(28)32)30-35-21)20(13-5-9-15(26)10-6-13)23(33)29-16-3-1-2-4-16/h5-12,16,20H,1-4,27H2,(H2,28,32)(H,29,33). The minimum Gasteiger partial charge on any atom is -0.395 e. The molecular weight excluding hydrogens is 493 g/mol. The zero-order valence-electron chi connectivity index (χ0n) is 18.5. The second kappa shape index (κ2) is 10.4. The van der Waals surface area contributed by atoms with Gasteiger partial charge >= 0.3 is 0 Å². The maximum Gasteiger partial charge on any atom is 0.273 e. The van der Waals surface area contributed by atoms with Gasteiger partial charge in [0.1, 0.15) is 16.7 Å². The number of nitrogen functional groups attached to an aromatic ring is 1. The third kappa shape index (κ3) is 5.28. The molecule has 1 aliphatic carbocycles. The summed E-state index contributed by atoms with van der Waals surface area (Å²) in [6.45, 7) is 0. The van der Waals surface area contributed by atoms with Gasteiger partial charge in [0.2, 0.25) is 5.91 Å². The lowest BCUT2D eigenvalue weighted by Crippen LogP contribution is -2.46. The first-order chi connectivity index (χ1) is 16.8. The number of nitrogens with one attached hydrogen (secondary N) is 1. The molecule has 3 aromatic rings. The number of aromatic nitrogens is 1. The number of amides is 3. The zero-order valence-corrected chi connectivity index (χ0v) is 20.1. The molecule has 8 nitrogen and oxygen atoms in total. The highest BCUT2D eigenvalue weighted by molar-refractivity contribution is 7.09. The molecule has 11 heteroatoms. The number of nitrogens with two attached hydrogens (primary N) is 2. The highest BCUT2D eigenvalue weighted by Gasteiger charge is 2.37. The number of anilines is 2. The lowest BCUT2D eigenvalue weighted by atomic mass is 10.0. The fourth-order valence-corrected chi connectivity index (χ4v) is 5.01. The number of hydrogen-bond acceptors (Lipinski definition) is 6. The van der Waals surface area contributed by atoms with Gasteiger partial charge in [-0.05, 0) is 66.3 Å². The minimum atomic E-state index is -1.16. The van der Waals surface area contributed by atoms with Crippen LogP contribution in [-0.2, 0) is 4.79 Å². The van der Waals surface area contributed by atoms with Gasteiger partial charge in [-0.15, -0.1) is 0 Å². The Kier molecular flexibility index (Phi) is 7.32. The van der Waals surface area contributed by atoms with Gasteiger partial charge in [0.05, 0.1) is 5.69 Å². The van der Waals surface area contributed by atoms with E-state index in [2.05, 4.69) is 9.69 Å². The molecule has 3 amide bonds. The van der Waals surface area contributed by atoms with E-state index in [-0.39, 0.29) is 22.3 Å². The number of primary amides is 1. The van der Waals surface area contributed by atoms with Crippen molar-refractivity contribution in [3.63, 3.8) is 0 Å². The van der Waals surface area contributed by atoms with E-state index < -0.39 is 29.6 Å². The Morgan fingerprint density at radius 2 is 1.71 bits per heavy atom. The lowest BCUT2D eigenvalue weighted by molar-refractivity contribution is -0.123. The van der Waals surface area contributed by atoms with Crippen molar-refractivity contribution in [1.82, 2.24) is 9.69 Å². The number of rotatable bonds is 7. The van der Waals surface area contributed by atoms with Crippen molar-refractivity contribution in [3.05, 3.63) is 75.5 Å². The molecule has 35 heavy (non-hydrogen) atoms. The monoisotopic (exact) mass is 515 g/mol. The topological polar surface area (TPSA) is 131 Å². The Balaban J connectivity index is 1.84. The van der Waals surface area contributed by atoms with Crippen molar-refractivity contribution >= 4 is 52.2 Å². The number of carbonyl (C=O) groups is 3. The molecular formula is C24H23ClFN5O3S. The van der Waals surface area contributed by atoms with E-state index in [1.54, 1.807) is 24.3 Å². The summed E-state index contributed by atoms with van der Waals surface area (Å²) in [4.78, 5) is 40.4. The van der Waals surface area contributed by atoms with Crippen LogP contribution in [0.15, 0.2) is 48.5 Å². The first-order valence-electron chi connectivity index (χ1n) is 11.0. The van der Waals surface area contributed by atoms with E-state index in [0.717, 1.165) is 25.7 Å². The molecule has 0 radical (unpaired) electrons. The molecule has 182 valence electrons. The number of halogens is 2. The maximum atomic E-state index is 13.9. The normalized spacial score (nSPS) is 14.5. The van der Waals surface area contributed by atoms with Crippen LogP contribution in [0.25, 0.3) is 0 Å². The van der Waals surface area contributed by atoms with Crippen molar-refractivity contribution in [1.29, 1.82) is 0 Å². The summed E-state index contributed by atoms with van der Waals surface area (Å²) in [6.07, 6.45) is 3.67. The van der Waals surface area contributed by atoms with Gasteiger partial charge in [0, 0.05) is 16.8 Å². The Morgan fingerprint density at radius 1 is 1.09 bits per heavy atom. The average molecular weight is 516 g/mol. The van der Waals surface area contributed by atoms with E-state index in [1.165, 1.54) is 29.2 Å². The predicted octanol–water partition coefficient (Wildman–Crippen LogP) is 4.06. The third-order valence-electron chi connectivity index (χ3n) is 5.87. The van der Waals surface area contributed by atoms with Crippen LogP contribution in [0, 0.1) is 5.82 Å². The van der Waals surface area contributed by atoms with Gasteiger partial charge < -0.3 is 16.8 Å². The van der Waals surface area contributed by atoms with E-state index in [4.69, 9.17) is 23.1 Å². The third-order valence-corrected chi connectivity index (χ3v) is 6.98. The lowest BCUT2D eigenvalue weighted by Gasteiger charge is -2.32. The molecule has 0 spiro atoms. The molecule has 1 atom stereocenters. The largest absolute Gasteiger partial charge is 0.395 e. The number of hydrogen-bond donors (Lipinski definition) is 3. The minimum absolute atomic E-state index is 0.0254. The SMILES string of the molecule is NC(=O)c1nsc(C(=O)N(c2ccc(Cl)cc2)C(C(=O)NC2CCCC2)c2ccc(F)cc2)c1N. The first kappa shape index (κ1) is 24.6. The highest BCUT2D eigenvalue weighted by Crippen LogP contribution is 2.34. The van der Waals surface area contributed by atoms with Crippen molar-refractivity contribution < 1.29 is 18.8 Å². The van der Waals surface area contributed by atoms with Crippen LogP contribution >= 0.6 is 23.1 Å². The van der Waals surface area contributed by atoms with Crippen molar-refractivity contribution in [2.45, 2.75) is 37.8 Å². The van der Waals surface area contributed by atoms with E-state index in [1.807, 2.05) is 0 Å². The van der Waals surface area contributed by atoms with Crippen LogP contribution in [0.2, 0.25) is 5.02 Å². The molecule has 2 aromatic carbocycles. The van der Waals surface area contributed by atoms with Gasteiger partial charge in [0.25, 0.3) is 11.8 Å². The smallest absolute Gasteiger partial charge is 0.273 e. The number of benzene rings is 2. The molecule has 4 rings (SSSR count). The van der Waals surface area contributed by atoms with E-state index in [0.29, 0.717) is 27.8 Å². The molecule has 5 N–H and O–H groups in total. The van der Waals surface area contributed by atoms with Crippen LogP contribution in [0.3, 0.4) is 0 Å². The number of carbonyl (C=O) groups excluding carboxylic acids is 3. The van der Waals surface area contributed by atoms with Gasteiger partial charge in [-0.3, -0.25) is 19.3 Å². The molecule has 1 heterocycles. The molecule has 1 aromatic heterocycles. The summed E-state index contributed by atoms with van der Waals surface area (Å²) in [5.41, 5.74) is 11.7. The molecule has 0 bridgehead atoms. The van der Waals surface area contributed by atoms with Gasteiger partial charge in [-0.1, -0.05) is 36.6 Å². The second-order valence-electron chi connectivity index (χ2n) is 8.23. The van der Waals surface area contributed by atoms with E-state index >= 15 is 0 Å². The molecule has 1 unspecified atom stereocenters. The van der Waals surface area contributed by atoms with Crippen LogP contribution in [-0.4, -0.2) is 28.1 Å². The molecule has 1 saturated carbocycles. The quantitative estimate of drug-likeness (QED) is 0.436. The summed E-state index contributed by atoms with van der Waals surface area (Å²) < 4.78 is 17.7. The Hall–Kier alpha value is -3.50. The molecule has 0 saturated heterocycles. The van der Waals surface area contributed by atoms with Crippen LogP contribution in [0.4, 0.5) is 15.8 Å². The van der Waals surface area contributed by atoms with Crippen LogP contribution in [0.1, 0.15) is 57.4 Å². The van der Waals surface area contributed by atoms with Crippen LogP contribution in [0.5, 0.6) is 0 Å². The molecule has 1 aliphatic rings. The van der Waals surface area contributed by atoms with Gasteiger partial charge in [-0.2, -0.15) is 4.37 Å². The summed E-state index contributed by atoms with van der Waals surface area (Å²) in [6, 6.07) is 10.5. The fourth-order valence-electron chi connectivity index (χ4n) is 4.14. The highest BCUT2D eigenvalue weighted by atomic mass is 35.5. The van der Waals surface area contributed by atoms with Crippen molar-refractivity contribution in [2.75, 3.05) is 10.6 Å². The maximum absolute atomic E-state index is 13.9. The summed E-state index contributed by atoms with van der Waals surface area (Å²) in [5, 5.41) is 3.46. The summed E-state index contributed by atoms with van der Waals surface area (Å²) >= 11 is 6.78. The van der Waals surface area contributed by atoms with Crippen molar-refractivity contribution in [3.8, 4) is 0 Å². The van der Waals surface area contributed by atoms with Crippen molar-refractivity contribution in [2.24, 2.45) is 5.73 Å². The first-order valence-corrected chi connectivity index (χ1v) is 12.1. The molecule has 1 fully saturated rings. The van der Waals surface area contributed by atoms with E-state index in [9.17, 15) is 18.8 Å². The Labute approximate surface area is 210 Å². The second-order valence-corrected chi connectivity index (χ2v) is 9.44. The average Bonchev–Trinajstić information content (AvgIpc) is 3.48. The van der Waals surface area contributed by atoms with Gasteiger partial charge in [-0.25, -0.2) is 4.39 Å². The predicted molar refractivity (Wildman–Crippen MR) is 133 cm³/mol. The van der Waals surface area contributed by atoms with Gasteiger partial charge in [0.15, 0.2) is 5.69 Å². The Bertz CT molecular complexity index is 1240. The fraction of sp³-hybridized carbons (Fsp3) is 0.250.